The van der Waals surface area contributed by atoms with Gasteiger partial charge >= 0.3 is 71.1 Å². The number of rotatable bonds is 34. The Bertz CT molecular complexity index is 802. The van der Waals surface area contributed by atoms with Crippen LogP contribution in [0.5, 0.6) is 0 Å². The minimum atomic E-state index is -5.25. The van der Waals surface area contributed by atoms with Crippen molar-refractivity contribution in [1.82, 2.24) is 5.32 Å². The zero-order chi connectivity index (χ0) is 34.1. The fourth-order valence-corrected chi connectivity index (χ4v) is 5.68. The van der Waals surface area contributed by atoms with Gasteiger partial charge in [-0.1, -0.05) is 142 Å². The Morgan fingerprint density at radius 2 is 0.958 bits per heavy atom. The molecule has 13 heteroatoms. The van der Waals surface area contributed by atoms with Crippen LogP contribution in [0.2, 0.25) is 0 Å². The molecule has 0 fully saturated rings. The molecule has 1 amide bonds. The van der Waals surface area contributed by atoms with Crippen LogP contribution in [0.1, 0.15) is 181 Å². The van der Waals surface area contributed by atoms with Gasteiger partial charge in [0.05, 0.1) is 14.4 Å². The zero-order valence-corrected chi connectivity index (χ0v) is 36.1. The van der Waals surface area contributed by atoms with Crippen molar-refractivity contribution in [2.24, 2.45) is 0 Å². The maximum atomic E-state index is 12.3. The van der Waals surface area contributed by atoms with Crippen LogP contribution in [-0.4, -0.2) is 43.7 Å². The number of hydrogen-bond acceptors (Lipinski definition) is 9. The third kappa shape index (κ3) is 42.7. The van der Waals surface area contributed by atoms with Crippen LogP contribution in [0.4, 0.5) is 0 Å². The average Bonchev–Trinajstić information content (AvgIpc) is 3.00. The molecule has 0 saturated carbocycles. The molecule has 0 rings (SSSR count). The molecule has 0 unspecified atom stereocenters. The zero-order valence-electron chi connectivity index (χ0n) is 31.2. The van der Waals surface area contributed by atoms with E-state index < -0.39 is 32.5 Å². The molecule has 1 atom stereocenters. The molecule has 0 bridgehead atoms. The van der Waals surface area contributed by atoms with Crippen molar-refractivity contribution in [2.45, 2.75) is 187 Å². The van der Waals surface area contributed by atoms with Gasteiger partial charge in [-0.3, -0.25) is 14.4 Å². The second-order valence-corrected chi connectivity index (χ2v) is 13.8. The van der Waals surface area contributed by atoms with Crippen molar-refractivity contribution in [3.63, 3.8) is 0 Å². The summed E-state index contributed by atoms with van der Waals surface area (Å²) in [5.74, 6) is -0.953. The predicted octanol–water partition coefficient (Wildman–Crippen LogP) is 1.59. The SMILES string of the molecule is CCCCCCCCCCCCCCCC(=O)O[C@@H](COC(=O)CCCCCCCCCCCCCNC(C)=O)COP(=O)([O-])[O-].[Na+].[Na+]. The topological polar surface area (TPSA) is 154 Å². The fraction of sp³-hybridized carbons (Fsp3) is 0.914. The van der Waals surface area contributed by atoms with Crippen LogP contribution in [0.15, 0.2) is 0 Å². The van der Waals surface area contributed by atoms with Crippen molar-refractivity contribution in [2.75, 3.05) is 19.8 Å². The first-order valence-electron chi connectivity index (χ1n) is 18.4. The van der Waals surface area contributed by atoms with Crippen molar-refractivity contribution in [1.29, 1.82) is 0 Å². The van der Waals surface area contributed by atoms with Gasteiger partial charge in [0.1, 0.15) is 6.61 Å². The standard InChI is InChI=1S/C35H68NO9P.2Na/c1-3-4-5-6-7-8-9-10-12-16-19-22-25-28-35(39)45-33(31-44-46(40,41)42)30-43-34(38)27-24-21-18-15-13-11-14-17-20-23-26-29-36-32(2)37;;/h33H,3-31H2,1-2H3,(H,36,37)(H2,40,41,42);;/q;2*+1/p-2/t33-;;/m0../s1. The minimum absolute atomic E-state index is 0. The summed E-state index contributed by atoms with van der Waals surface area (Å²) in [6, 6.07) is 0. The van der Waals surface area contributed by atoms with Crippen LogP contribution in [-0.2, 0) is 32.9 Å². The third-order valence-electron chi connectivity index (χ3n) is 8.06. The maximum Gasteiger partial charge on any atom is 1.00 e. The monoisotopic (exact) mass is 721 g/mol. The molecule has 0 heterocycles. The molecule has 0 aliphatic rings. The predicted molar refractivity (Wildman–Crippen MR) is 179 cm³/mol. The largest absolute Gasteiger partial charge is 1.00 e. The van der Waals surface area contributed by atoms with E-state index in [-0.39, 0.29) is 84.5 Å². The van der Waals surface area contributed by atoms with Crippen molar-refractivity contribution in [3.8, 4) is 0 Å². The van der Waals surface area contributed by atoms with E-state index in [1.165, 1.54) is 96.8 Å². The summed E-state index contributed by atoms with van der Waals surface area (Å²) >= 11 is 0. The number of carbonyl (C=O) groups is 3. The number of esters is 2. The van der Waals surface area contributed by atoms with Gasteiger partial charge in [-0.15, -0.1) is 0 Å². The first kappa shape index (κ1) is 52.9. The molecule has 0 aromatic rings. The van der Waals surface area contributed by atoms with E-state index in [1.54, 1.807) is 0 Å². The van der Waals surface area contributed by atoms with Gasteiger partial charge in [0.15, 0.2) is 6.10 Å². The summed E-state index contributed by atoms with van der Waals surface area (Å²) in [6.45, 7) is 3.51. The van der Waals surface area contributed by atoms with E-state index in [1.807, 2.05) is 0 Å². The number of hydrogen-bond donors (Lipinski definition) is 1. The Balaban J connectivity index is -0.0000101. The van der Waals surface area contributed by atoms with E-state index >= 15 is 0 Å². The molecule has 1 N–H and O–H groups in total. The fourth-order valence-electron chi connectivity index (χ4n) is 5.33. The molecule has 0 radical (unpaired) electrons. The smallest absolute Gasteiger partial charge is 0.790 e. The van der Waals surface area contributed by atoms with Gasteiger partial charge in [-0.25, -0.2) is 0 Å². The van der Waals surface area contributed by atoms with E-state index in [2.05, 4.69) is 16.8 Å². The molecule has 0 saturated heterocycles. The molecule has 0 aliphatic heterocycles. The first-order chi connectivity index (χ1) is 22.1. The Hall–Kier alpha value is 0.520. The quantitative estimate of drug-likeness (QED) is 0.0452. The van der Waals surface area contributed by atoms with Gasteiger partial charge in [0, 0.05) is 26.3 Å². The number of nitrogens with one attached hydrogen (secondary N) is 1. The summed E-state index contributed by atoms with van der Waals surface area (Å²) in [7, 11) is -5.25. The van der Waals surface area contributed by atoms with Crippen LogP contribution in [0.25, 0.3) is 0 Å². The van der Waals surface area contributed by atoms with E-state index in [0.29, 0.717) is 12.8 Å². The summed E-state index contributed by atoms with van der Waals surface area (Å²) in [4.78, 5) is 57.1. The molecule has 0 spiro atoms. The summed E-state index contributed by atoms with van der Waals surface area (Å²) in [5.41, 5.74) is 0. The van der Waals surface area contributed by atoms with Gasteiger partial charge in [0.25, 0.3) is 0 Å². The molecule has 10 nitrogen and oxygen atoms in total. The second-order valence-electron chi connectivity index (χ2n) is 12.7. The summed E-state index contributed by atoms with van der Waals surface area (Å²) in [6.07, 6.45) is 26.7. The van der Waals surface area contributed by atoms with Gasteiger partial charge < -0.3 is 33.7 Å². The van der Waals surface area contributed by atoms with Gasteiger partial charge in [-0.2, -0.15) is 0 Å². The Morgan fingerprint density at radius 3 is 1.35 bits per heavy atom. The van der Waals surface area contributed by atoms with Gasteiger partial charge in [-0.05, 0) is 19.3 Å². The van der Waals surface area contributed by atoms with Gasteiger partial charge in [0.2, 0.25) is 5.91 Å². The van der Waals surface area contributed by atoms with Crippen molar-refractivity contribution >= 4 is 25.7 Å². The second kappa shape index (κ2) is 38.7. The van der Waals surface area contributed by atoms with Crippen LogP contribution in [0.3, 0.4) is 0 Å². The van der Waals surface area contributed by atoms with E-state index in [4.69, 9.17) is 9.47 Å². The Kier molecular flexibility index (Phi) is 42.7. The van der Waals surface area contributed by atoms with Crippen molar-refractivity contribution in [3.05, 3.63) is 0 Å². The number of ether oxygens (including phenoxy) is 2. The Labute approximate surface area is 336 Å². The van der Waals surface area contributed by atoms with E-state index in [9.17, 15) is 28.7 Å². The molecule has 48 heavy (non-hydrogen) atoms. The van der Waals surface area contributed by atoms with E-state index in [0.717, 1.165) is 57.9 Å². The molecule has 0 aromatic carbocycles. The Morgan fingerprint density at radius 1 is 0.583 bits per heavy atom. The first-order valence-corrected chi connectivity index (χ1v) is 19.9. The normalized spacial score (nSPS) is 11.7. The van der Waals surface area contributed by atoms with Crippen LogP contribution >= 0.6 is 7.82 Å². The maximum absolute atomic E-state index is 12.3. The number of carbonyl (C=O) groups excluding carboxylic acids is 3. The minimum Gasteiger partial charge on any atom is -0.790 e. The number of amides is 1. The molecule has 0 aromatic heterocycles. The number of phosphoric acid groups is 1. The molecular formula is C35H66NNa2O9P. The van der Waals surface area contributed by atoms with Crippen molar-refractivity contribution < 1.29 is 102 Å². The molecule has 0 aliphatic carbocycles. The number of unbranched alkanes of at least 4 members (excludes halogenated alkanes) is 22. The molecular weight excluding hydrogens is 655 g/mol. The number of phosphoric ester groups is 1. The van der Waals surface area contributed by atoms with Crippen LogP contribution < -0.4 is 74.2 Å². The summed E-state index contributed by atoms with van der Waals surface area (Å²) in [5, 5.41) is 2.81. The average molecular weight is 722 g/mol. The third-order valence-corrected chi connectivity index (χ3v) is 8.53. The summed E-state index contributed by atoms with van der Waals surface area (Å²) < 4.78 is 25.7. The van der Waals surface area contributed by atoms with Crippen LogP contribution in [0, 0.1) is 0 Å². The molecule has 272 valence electrons.